The van der Waals surface area contributed by atoms with Crippen molar-refractivity contribution < 1.29 is 9.47 Å². The largest absolute Gasteiger partial charge is 0.487 e. The number of aryl methyl sites for hydroxylation is 1. The monoisotopic (exact) mass is 242 g/mol. The zero-order chi connectivity index (χ0) is 13.0. The summed E-state index contributed by atoms with van der Waals surface area (Å²) in [6.45, 7) is 6.05. The van der Waals surface area contributed by atoms with Crippen molar-refractivity contribution in [3.05, 3.63) is 54.1 Å². The molecule has 0 radical (unpaired) electrons. The molecular formula is C16H18O2. The Balaban J connectivity index is 2.23. The van der Waals surface area contributed by atoms with Crippen LogP contribution in [-0.2, 0) is 0 Å². The number of ether oxygens (including phenoxy) is 2. The normalized spacial score (nSPS) is 10.4. The Bertz CT molecular complexity index is 518. The lowest BCUT2D eigenvalue weighted by Gasteiger charge is -2.14. The van der Waals surface area contributed by atoms with Crippen LogP contribution in [0.15, 0.2) is 48.5 Å². The van der Waals surface area contributed by atoms with E-state index >= 15 is 0 Å². The van der Waals surface area contributed by atoms with Crippen molar-refractivity contribution in [3.8, 4) is 17.2 Å². The fraction of sp³-hybridized carbons (Fsp3) is 0.250. The highest BCUT2D eigenvalue weighted by Crippen LogP contribution is 2.32. The van der Waals surface area contributed by atoms with Crippen molar-refractivity contribution in [1.82, 2.24) is 0 Å². The molecule has 0 aromatic heterocycles. The van der Waals surface area contributed by atoms with Crippen molar-refractivity contribution in [2.24, 2.45) is 0 Å². The molecule has 94 valence electrons. The molecule has 0 atom stereocenters. The molecule has 0 aliphatic heterocycles. The molecule has 2 rings (SSSR count). The zero-order valence-corrected chi connectivity index (χ0v) is 11.0. The lowest BCUT2D eigenvalue weighted by Crippen LogP contribution is -2.06. The van der Waals surface area contributed by atoms with E-state index in [-0.39, 0.29) is 6.10 Å². The van der Waals surface area contributed by atoms with Crippen LogP contribution in [0.4, 0.5) is 0 Å². The molecule has 0 saturated carbocycles. The van der Waals surface area contributed by atoms with Gasteiger partial charge in [-0.05, 0) is 50.6 Å². The van der Waals surface area contributed by atoms with Crippen molar-refractivity contribution in [1.29, 1.82) is 0 Å². The summed E-state index contributed by atoms with van der Waals surface area (Å²) in [7, 11) is 0. The highest BCUT2D eigenvalue weighted by molar-refractivity contribution is 5.43. The molecular weight excluding hydrogens is 224 g/mol. The quantitative estimate of drug-likeness (QED) is 0.781. The second kappa shape index (κ2) is 5.58. The number of rotatable bonds is 4. The van der Waals surface area contributed by atoms with Crippen LogP contribution in [0.5, 0.6) is 17.2 Å². The van der Waals surface area contributed by atoms with Gasteiger partial charge in [-0.15, -0.1) is 0 Å². The zero-order valence-electron chi connectivity index (χ0n) is 11.0. The minimum absolute atomic E-state index is 0.132. The van der Waals surface area contributed by atoms with Crippen LogP contribution in [0, 0.1) is 6.92 Å². The van der Waals surface area contributed by atoms with Gasteiger partial charge in [0.25, 0.3) is 0 Å². The molecule has 2 aromatic carbocycles. The second-order valence-electron chi connectivity index (χ2n) is 4.53. The van der Waals surface area contributed by atoms with Gasteiger partial charge < -0.3 is 9.47 Å². The van der Waals surface area contributed by atoms with E-state index in [9.17, 15) is 0 Å². The highest BCUT2D eigenvalue weighted by Gasteiger charge is 2.07. The van der Waals surface area contributed by atoms with Gasteiger partial charge in [-0.2, -0.15) is 0 Å². The molecule has 0 fully saturated rings. The molecule has 2 heteroatoms. The van der Waals surface area contributed by atoms with E-state index in [4.69, 9.17) is 9.47 Å². The smallest absolute Gasteiger partial charge is 0.169 e. The molecule has 2 aromatic rings. The molecule has 0 aliphatic carbocycles. The van der Waals surface area contributed by atoms with Crippen LogP contribution < -0.4 is 9.47 Å². The summed E-state index contributed by atoms with van der Waals surface area (Å²) in [5.74, 6) is 2.35. The van der Waals surface area contributed by atoms with Gasteiger partial charge in [0.15, 0.2) is 11.5 Å². The Kier molecular flexibility index (Phi) is 3.88. The van der Waals surface area contributed by atoms with Gasteiger partial charge in [-0.3, -0.25) is 0 Å². The summed E-state index contributed by atoms with van der Waals surface area (Å²) >= 11 is 0. The molecule has 0 amide bonds. The average molecular weight is 242 g/mol. The predicted octanol–water partition coefficient (Wildman–Crippen LogP) is 4.57. The summed E-state index contributed by atoms with van der Waals surface area (Å²) in [5.41, 5.74) is 1.18. The Morgan fingerprint density at radius 2 is 1.61 bits per heavy atom. The van der Waals surface area contributed by atoms with Gasteiger partial charge in [-0.25, -0.2) is 0 Å². The molecule has 0 N–H and O–H groups in total. The molecule has 18 heavy (non-hydrogen) atoms. The summed E-state index contributed by atoms with van der Waals surface area (Å²) in [4.78, 5) is 0. The molecule has 0 heterocycles. The third kappa shape index (κ3) is 3.27. The number of benzene rings is 2. The minimum Gasteiger partial charge on any atom is -0.487 e. The van der Waals surface area contributed by atoms with Crippen LogP contribution in [0.3, 0.4) is 0 Å². The van der Waals surface area contributed by atoms with Gasteiger partial charge in [0.2, 0.25) is 0 Å². The van der Waals surface area contributed by atoms with Gasteiger partial charge in [0.1, 0.15) is 5.75 Å². The molecule has 0 unspecified atom stereocenters. The Morgan fingerprint density at radius 1 is 0.889 bits per heavy atom. The average Bonchev–Trinajstić information content (AvgIpc) is 2.31. The predicted molar refractivity (Wildman–Crippen MR) is 73.5 cm³/mol. The molecule has 2 nitrogen and oxygen atoms in total. The molecule has 0 aliphatic rings. The molecule has 0 saturated heterocycles. The van der Waals surface area contributed by atoms with Crippen molar-refractivity contribution in [2.45, 2.75) is 26.9 Å². The Labute approximate surface area is 108 Å². The third-order valence-electron chi connectivity index (χ3n) is 2.43. The summed E-state index contributed by atoms with van der Waals surface area (Å²) in [6, 6.07) is 15.7. The van der Waals surface area contributed by atoms with Crippen molar-refractivity contribution >= 4 is 0 Å². The van der Waals surface area contributed by atoms with Crippen molar-refractivity contribution in [2.75, 3.05) is 0 Å². The first-order valence-electron chi connectivity index (χ1n) is 6.15. The van der Waals surface area contributed by atoms with Crippen molar-refractivity contribution in [3.63, 3.8) is 0 Å². The number of hydrogen-bond acceptors (Lipinski definition) is 2. The summed E-state index contributed by atoms with van der Waals surface area (Å²) < 4.78 is 11.6. The number of para-hydroxylation sites is 2. The fourth-order valence-corrected chi connectivity index (χ4v) is 1.69. The van der Waals surface area contributed by atoms with Gasteiger partial charge in [0, 0.05) is 0 Å². The standard InChI is InChI=1S/C16H18O2/c1-12(2)17-15-9-4-5-10-16(15)18-14-8-6-7-13(3)11-14/h4-12H,1-3H3. The van der Waals surface area contributed by atoms with E-state index in [1.165, 1.54) is 5.56 Å². The SMILES string of the molecule is Cc1cccc(Oc2ccccc2OC(C)C)c1. The van der Waals surface area contributed by atoms with Crippen LogP contribution in [0.1, 0.15) is 19.4 Å². The van der Waals surface area contributed by atoms with Gasteiger partial charge in [0.05, 0.1) is 6.10 Å². The maximum absolute atomic E-state index is 5.87. The topological polar surface area (TPSA) is 18.5 Å². The van der Waals surface area contributed by atoms with E-state index in [2.05, 4.69) is 0 Å². The van der Waals surface area contributed by atoms with E-state index in [1.54, 1.807) is 0 Å². The number of hydrogen-bond donors (Lipinski definition) is 0. The summed E-state index contributed by atoms with van der Waals surface area (Å²) in [5, 5.41) is 0. The molecule has 0 spiro atoms. The lowest BCUT2D eigenvalue weighted by atomic mass is 10.2. The summed E-state index contributed by atoms with van der Waals surface area (Å²) in [6.07, 6.45) is 0.132. The van der Waals surface area contributed by atoms with E-state index < -0.39 is 0 Å². The lowest BCUT2D eigenvalue weighted by molar-refractivity contribution is 0.233. The van der Waals surface area contributed by atoms with E-state index in [0.717, 1.165) is 17.2 Å². The van der Waals surface area contributed by atoms with Crippen LogP contribution in [0.2, 0.25) is 0 Å². The van der Waals surface area contributed by atoms with Gasteiger partial charge in [-0.1, -0.05) is 24.3 Å². The van der Waals surface area contributed by atoms with Crippen LogP contribution in [-0.4, -0.2) is 6.10 Å². The van der Waals surface area contributed by atoms with E-state index in [1.807, 2.05) is 69.3 Å². The van der Waals surface area contributed by atoms with Crippen LogP contribution >= 0.6 is 0 Å². The fourth-order valence-electron chi connectivity index (χ4n) is 1.69. The van der Waals surface area contributed by atoms with Gasteiger partial charge >= 0.3 is 0 Å². The first-order valence-corrected chi connectivity index (χ1v) is 6.15. The Morgan fingerprint density at radius 3 is 2.28 bits per heavy atom. The first kappa shape index (κ1) is 12.5. The third-order valence-corrected chi connectivity index (χ3v) is 2.43. The first-order chi connectivity index (χ1) is 8.65. The highest BCUT2D eigenvalue weighted by atomic mass is 16.5. The van der Waals surface area contributed by atoms with E-state index in [0.29, 0.717) is 0 Å². The van der Waals surface area contributed by atoms with Crippen LogP contribution in [0.25, 0.3) is 0 Å². The molecule has 0 bridgehead atoms. The maximum Gasteiger partial charge on any atom is 0.169 e. The maximum atomic E-state index is 5.87. The minimum atomic E-state index is 0.132. The second-order valence-corrected chi connectivity index (χ2v) is 4.53. The Hall–Kier alpha value is -1.96.